The molecule has 1 heterocycles. The number of carbonyl (C=O) groups is 2. The van der Waals surface area contributed by atoms with E-state index >= 15 is 0 Å². The molecule has 1 amide bonds. The summed E-state index contributed by atoms with van der Waals surface area (Å²) in [5.41, 5.74) is -1.26. The smallest absolute Gasteiger partial charge is 0.337 e. The minimum atomic E-state index is -2.03. The zero-order chi connectivity index (χ0) is 16.2. The molecule has 1 aromatic carbocycles. The van der Waals surface area contributed by atoms with Crippen molar-refractivity contribution in [1.82, 2.24) is 25.5 Å². The number of carbonyl (C=O) groups excluding carboxylic acids is 1. The maximum atomic E-state index is 11.7. The summed E-state index contributed by atoms with van der Waals surface area (Å²) in [7, 11) is 0. The molecule has 9 nitrogen and oxygen atoms in total. The Labute approximate surface area is 125 Å². The van der Waals surface area contributed by atoms with Crippen molar-refractivity contribution < 1.29 is 19.8 Å². The Morgan fingerprint density at radius 2 is 2.00 bits per heavy atom. The Balaban J connectivity index is 1.93. The predicted molar refractivity (Wildman–Crippen MR) is 74.5 cm³/mol. The first-order valence-electron chi connectivity index (χ1n) is 6.44. The van der Waals surface area contributed by atoms with Gasteiger partial charge in [-0.15, -0.1) is 10.2 Å². The Morgan fingerprint density at radius 1 is 1.32 bits per heavy atom. The zero-order valence-electron chi connectivity index (χ0n) is 11.8. The fourth-order valence-electron chi connectivity index (χ4n) is 1.54. The lowest BCUT2D eigenvalue weighted by Gasteiger charge is -2.17. The maximum Gasteiger partial charge on any atom is 0.337 e. The summed E-state index contributed by atoms with van der Waals surface area (Å²) in [6.45, 7) is 0.452. The number of aliphatic hydroxyl groups is 1. The van der Waals surface area contributed by atoms with E-state index in [0.717, 1.165) is 17.3 Å². The van der Waals surface area contributed by atoms with Gasteiger partial charge in [0.15, 0.2) is 5.60 Å². The van der Waals surface area contributed by atoms with Gasteiger partial charge in [0.1, 0.15) is 6.54 Å². The number of benzene rings is 1. The number of aliphatic carboxylic acids is 1. The van der Waals surface area contributed by atoms with Gasteiger partial charge < -0.3 is 15.5 Å². The molecule has 0 radical (unpaired) electrons. The van der Waals surface area contributed by atoms with Crippen LogP contribution in [0.5, 0.6) is 0 Å². The van der Waals surface area contributed by atoms with E-state index < -0.39 is 24.0 Å². The molecule has 0 aliphatic heterocycles. The normalized spacial score (nSPS) is 13.4. The number of aromatic nitrogens is 4. The van der Waals surface area contributed by atoms with E-state index in [0.29, 0.717) is 5.82 Å². The Morgan fingerprint density at radius 3 is 2.64 bits per heavy atom. The molecule has 0 spiro atoms. The first kappa shape index (κ1) is 15.6. The van der Waals surface area contributed by atoms with Gasteiger partial charge in [-0.2, -0.15) is 4.80 Å². The molecule has 116 valence electrons. The number of hydrogen-bond acceptors (Lipinski definition) is 6. The largest absolute Gasteiger partial charge is 0.479 e. The highest BCUT2D eigenvalue weighted by molar-refractivity contribution is 5.80. The lowest BCUT2D eigenvalue weighted by atomic mass is 10.1. The number of carboxylic acids is 1. The van der Waals surface area contributed by atoms with Gasteiger partial charge in [0.05, 0.1) is 6.54 Å². The van der Waals surface area contributed by atoms with E-state index in [9.17, 15) is 14.7 Å². The molecule has 0 saturated heterocycles. The summed E-state index contributed by atoms with van der Waals surface area (Å²) < 4.78 is 0. The lowest BCUT2D eigenvalue weighted by Crippen LogP contribution is -2.47. The van der Waals surface area contributed by atoms with Crippen LogP contribution in [0.3, 0.4) is 0 Å². The molecular weight excluding hydrogens is 290 g/mol. The Kier molecular flexibility index (Phi) is 4.47. The summed E-state index contributed by atoms with van der Waals surface area (Å²) in [5.74, 6) is -1.57. The number of carboxylic acid groups (broad SMARTS) is 1. The third-order valence-corrected chi connectivity index (χ3v) is 2.86. The second-order valence-electron chi connectivity index (χ2n) is 4.87. The minimum absolute atomic E-state index is 0.227. The lowest BCUT2D eigenvalue weighted by molar-refractivity contribution is -0.156. The predicted octanol–water partition coefficient (Wildman–Crippen LogP) is -0.708. The number of nitrogens with one attached hydrogen (secondary N) is 1. The van der Waals surface area contributed by atoms with Crippen molar-refractivity contribution in [2.45, 2.75) is 19.1 Å². The van der Waals surface area contributed by atoms with E-state index in [1.165, 1.54) is 0 Å². The van der Waals surface area contributed by atoms with Gasteiger partial charge in [-0.1, -0.05) is 30.3 Å². The van der Waals surface area contributed by atoms with Gasteiger partial charge in [0.25, 0.3) is 0 Å². The van der Waals surface area contributed by atoms with Crippen LogP contribution in [0.15, 0.2) is 30.3 Å². The van der Waals surface area contributed by atoms with Gasteiger partial charge >= 0.3 is 5.97 Å². The van der Waals surface area contributed by atoms with E-state index in [-0.39, 0.29) is 6.54 Å². The summed E-state index contributed by atoms with van der Waals surface area (Å²) >= 11 is 0. The molecule has 0 aliphatic rings. The van der Waals surface area contributed by atoms with E-state index in [4.69, 9.17) is 5.11 Å². The van der Waals surface area contributed by atoms with Crippen molar-refractivity contribution in [3.63, 3.8) is 0 Å². The fourth-order valence-corrected chi connectivity index (χ4v) is 1.54. The Bertz CT molecular complexity index is 668. The van der Waals surface area contributed by atoms with E-state index in [2.05, 4.69) is 20.7 Å². The molecule has 1 aromatic heterocycles. The molecular formula is C13H15N5O4. The number of nitrogens with zero attached hydrogens (tertiary/aromatic N) is 4. The van der Waals surface area contributed by atoms with Crippen molar-refractivity contribution in [2.75, 3.05) is 6.54 Å². The van der Waals surface area contributed by atoms with Gasteiger partial charge in [-0.05, 0) is 12.1 Å². The standard InChI is InChI=1S/C13H15N5O4/c1-13(22,12(20)21)8-14-10(19)7-18-16-11(15-17-18)9-5-3-2-4-6-9/h2-6,22H,7-8H2,1H3,(H,14,19)(H,20,21). The van der Waals surface area contributed by atoms with Crippen molar-refractivity contribution in [3.8, 4) is 11.4 Å². The number of hydrogen-bond donors (Lipinski definition) is 3. The SMILES string of the molecule is CC(O)(CNC(=O)Cn1nnc(-c2ccccc2)n1)C(=O)O. The molecule has 1 atom stereocenters. The second kappa shape index (κ2) is 6.31. The summed E-state index contributed by atoms with van der Waals surface area (Å²) in [4.78, 5) is 23.5. The quantitative estimate of drug-likeness (QED) is 0.642. The van der Waals surface area contributed by atoms with Crippen LogP contribution < -0.4 is 5.32 Å². The van der Waals surface area contributed by atoms with E-state index in [1.54, 1.807) is 0 Å². The zero-order valence-corrected chi connectivity index (χ0v) is 11.8. The highest BCUT2D eigenvalue weighted by Crippen LogP contribution is 2.11. The highest BCUT2D eigenvalue weighted by Gasteiger charge is 2.30. The van der Waals surface area contributed by atoms with Crippen LogP contribution in [-0.2, 0) is 16.1 Å². The van der Waals surface area contributed by atoms with Crippen LogP contribution in [0.25, 0.3) is 11.4 Å². The van der Waals surface area contributed by atoms with Crippen molar-refractivity contribution in [1.29, 1.82) is 0 Å². The van der Waals surface area contributed by atoms with Crippen LogP contribution in [0.2, 0.25) is 0 Å². The molecule has 22 heavy (non-hydrogen) atoms. The van der Waals surface area contributed by atoms with Crippen LogP contribution in [0.1, 0.15) is 6.92 Å². The van der Waals surface area contributed by atoms with Crippen LogP contribution in [0.4, 0.5) is 0 Å². The second-order valence-corrected chi connectivity index (χ2v) is 4.87. The van der Waals surface area contributed by atoms with Crippen LogP contribution in [-0.4, -0.2) is 54.4 Å². The van der Waals surface area contributed by atoms with Crippen molar-refractivity contribution in [3.05, 3.63) is 30.3 Å². The van der Waals surface area contributed by atoms with Crippen molar-refractivity contribution in [2.24, 2.45) is 0 Å². The summed E-state index contributed by atoms with van der Waals surface area (Å²) in [6.07, 6.45) is 0. The number of rotatable bonds is 6. The van der Waals surface area contributed by atoms with Gasteiger partial charge in [-0.25, -0.2) is 4.79 Å². The molecule has 9 heteroatoms. The molecule has 0 saturated carbocycles. The minimum Gasteiger partial charge on any atom is -0.479 e. The maximum absolute atomic E-state index is 11.7. The summed E-state index contributed by atoms with van der Waals surface area (Å²) in [6, 6.07) is 9.14. The van der Waals surface area contributed by atoms with Crippen LogP contribution in [0, 0.1) is 0 Å². The topological polar surface area (TPSA) is 130 Å². The highest BCUT2D eigenvalue weighted by atomic mass is 16.4. The Hall–Kier alpha value is -2.81. The average Bonchev–Trinajstić information content (AvgIpc) is 2.94. The van der Waals surface area contributed by atoms with Gasteiger partial charge in [0, 0.05) is 5.56 Å². The summed E-state index contributed by atoms with van der Waals surface area (Å²) in [5, 5.41) is 32.2. The third-order valence-electron chi connectivity index (χ3n) is 2.86. The monoisotopic (exact) mass is 305 g/mol. The first-order valence-corrected chi connectivity index (χ1v) is 6.44. The third kappa shape index (κ3) is 3.85. The number of tetrazole rings is 1. The van der Waals surface area contributed by atoms with E-state index in [1.807, 2.05) is 30.3 Å². The van der Waals surface area contributed by atoms with Crippen LogP contribution >= 0.6 is 0 Å². The molecule has 0 aliphatic carbocycles. The molecule has 2 rings (SSSR count). The average molecular weight is 305 g/mol. The van der Waals surface area contributed by atoms with Gasteiger partial charge in [-0.3, -0.25) is 4.79 Å². The first-order chi connectivity index (χ1) is 10.4. The molecule has 2 aromatic rings. The fraction of sp³-hybridized carbons (Fsp3) is 0.308. The molecule has 0 bridgehead atoms. The molecule has 3 N–H and O–H groups in total. The van der Waals surface area contributed by atoms with Gasteiger partial charge in [0.2, 0.25) is 11.7 Å². The van der Waals surface area contributed by atoms with Crippen molar-refractivity contribution >= 4 is 11.9 Å². The number of amides is 1. The molecule has 1 unspecified atom stereocenters. The molecule has 0 fully saturated rings.